The fourth-order valence-corrected chi connectivity index (χ4v) is 4.57. The van der Waals surface area contributed by atoms with Gasteiger partial charge in [-0.1, -0.05) is 36.0 Å². The SMILES string of the molecule is CCOC(=O)c1ccc2c(c1)nc(SCc1cccc(F)c1)n2CCc1ccc(OC)cc1. The van der Waals surface area contributed by atoms with Crippen molar-refractivity contribution in [2.24, 2.45) is 0 Å². The molecule has 0 spiro atoms. The number of hydrogen-bond donors (Lipinski definition) is 0. The molecule has 1 aromatic heterocycles. The molecule has 0 unspecified atom stereocenters. The van der Waals surface area contributed by atoms with Gasteiger partial charge in [0.2, 0.25) is 0 Å². The Morgan fingerprint density at radius 1 is 1.06 bits per heavy atom. The molecule has 7 heteroatoms. The standard InChI is InChI=1S/C26H25FN2O3S/c1-3-32-25(30)20-9-12-24-23(16-20)28-26(33-17-19-5-4-6-21(27)15-19)29(24)14-13-18-7-10-22(31-2)11-8-18/h4-12,15-16H,3,13-14,17H2,1-2H3. The number of esters is 1. The van der Waals surface area contributed by atoms with Gasteiger partial charge in [-0.3, -0.25) is 0 Å². The quantitative estimate of drug-likeness (QED) is 0.228. The number of imidazole rings is 1. The Kier molecular flexibility index (Phi) is 7.29. The molecule has 33 heavy (non-hydrogen) atoms. The molecule has 0 atom stereocenters. The van der Waals surface area contributed by atoms with Crippen LogP contribution >= 0.6 is 11.8 Å². The second-order valence-electron chi connectivity index (χ2n) is 7.49. The zero-order chi connectivity index (χ0) is 23.2. The normalized spacial score (nSPS) is 11.0. The fraction of sp³-hybridized carbons (Fsp3) is 0.231. The smallest absolute Gasteiger partial charge is 0.338 e. The van der Waals surface area contributed by atoms with Crippen molar-refractivity contribution in [2.45, 2.75) is 30.8 Å². The number of carbonyl (C=O) groups is 1. The van der Waals surface area contributed by atoms with E-state index in [1.54, 1.807) is 44.0 Å². The molecule has 0 saturated heterocycles. The lowest BCUT2D eigenvalue weighted by Crippen LogP contribution is -2.05. The van der Waals surface area contributed by atoms with Crippen molar-refractivity contribution >= 4 is 28.8 Å². The summed E-state index contributed by atoms with van der Waals surface area (Å²) < 4.78 is 26.1. The first-order chi connectivity index (χ1) is 16.1. The first-order valence-electron chi connectivity index (χ1n) is 10.7. The predicted octanol–water partition coefficient (Wildman–Crippen LogP) is 5.90. The third-order valence-corrected chi connectivity index (χ3v) is 6.31. The molecule has 0 aliphatic heterocycles. The highest BCUT2D eigenvalue weighted by molar-refractivity contribution is 7.98. The summed E-state index contributed by atoms with van der Waals surface area (Å²) in [7, 11) is 1.65. The molecule has 5 nitrogen and oxygen atoms in total. The van der Waals surface area contributed by atoms with E-state index in [9.17, 15) is 9.18 Å². The first kappa shape index (κ1) is 22.9. The Morgan fingerprint density at radius 2 is 1.88 bits per heavy atom. The summed E-state index contributed by atoms with van der Waals surface area (Å²) in [6.45, 7) is 2.82. The van der Waals surface area contributed by atoms with Crippen LogP contribution in [0.5, 0.6) is 5.75 Å². The zero-order valence-corrected chi connectivity index (χ0v) is 19.4. The Labute approximate surface area is 196 Å². The van der Waals surface area contributed by atoms with Gasteiger partial charge in [-0.05, 0) is 66.9 Å². The molecule has 1 heterocycles. The van der Waals surface area contributed by atoms with Crippen LogP contribution in [0.25, 0.3) is 11.0 Å². The van der Waals surface area contributed by atoms with Gasteiger partial charge in [0.15, 0.2) is 5.16 Å². The van der Waals surface area contributed by atoms with Crippen LogP contribution in [0.3, 0.4) is 0 Å². The van der Waals surface area contributed by atoms with Crippen molar-refractivity contribution in [3.8, 4) is 5.75 Å². The van der Waals surface area contributed by atoms with Gasteiger partial charge in [-0.25, -0.2) is 14.2 Å². The van der Waals surface area contributed by atoms with Gasteiger partial charge in [-0.15, -0.1) is 0 Å². The Hall–Kier alpha value is -3.32. The van der Waals surface area contributed by atoms with Crippen LogP contribution in [-0.4, -0.2) is 29.2 Å². The minimum absolute atomic E-state index is 0.250. The maximum Gasteiger partial charge on any atom is 0.338 e. The second kappa shape index (κ2) is 10.5. The summed E-state index contributed by atoms with van der Waals surface area (Å²) >= 11 is 1.55. The Balaban J connectivity index is 1.62. The molecule has 4 rings (SSSR count). The molecule has 0 radical (unpaired) electrons. The number of methoxy groups -OCH3 is 1. The van der Waals surface area contributed by atoms with Crippen LogP contribution in [-0.2, 0) is 23.5 Å². The van der Waals surface area contributed by atoms with E-state index < -0.39 is 0 Å². The number of benzene rings is 3. The van der Waals surface area contributed by atoms with Crippen LogP contribution < -0.4 is 4.74 Å². The summed E-state index contributed by atoms with van der Waals surface area (Å²) in [5, 5.41) is 0.823. The minimum Gasteiger partial charge on any atom is -0.497 e. The molecule has 0 N–H and O–H groups in total. The maximum atomic E-state index is 13.6. The number of rotatable bonds is 9. The van der Waals surface area contributed by atoms with E-state index in [0.29, 0.717) is 24.5 Å². The minimum atomic E-state index is -0.360. The molecule has 0 saturated carbocycles. The van der Waals surface area contributed by atoms with E-state index in [4.69, 9.17) is 14.5 Å². The zero-order valence-electron chi connectivity index (χ0n) is 18.6. The first-order valence-corrected chi connectivity index (χ1v) is 11.7. The van der Waals surface area contributed by atoms with E-state index in [0.717, 1.165) is 33.9 Å². The van der Waals surface area contributed by atoms with Gasteiger partial charge in [-0.2, -0.15) is 0 Å². The number of nitrogens with zero attached hydrogens (tertiary/aromatic N) is 2. The lowest BCUT2D eigenvalue weighted by molar-refractivity contribution is 0.0526. The van der Waals surface area contributed by atoms with Crippen LogP contribution in [0, 0.1) is 5.82 Å². The van der Waals surface area contributed by atoms with E-state index in [-0.39, 0.29) is 11.8 Å². The summed E-state index contributed by atoms with van der Waals surface area (Å²) in [5.41, 5.74) is 4.23. The second-order valence-corrected chi connectivity index (χ2v) is 8.43. The number of aromatic nitrogens is 2. The number of aryl methyl sites for hydroxylation is 2. The monoisotopic (exact) mass is 464 g/mol. The van der Waals surface area contributed by atoms with Crippen LogP contribution in [0.15, 0.2) is 71.9 Å². The largest absolute Gasteiger partial charge is 0.497 e. The summed E-state index contributed by atoms with van der Waals surface area (Å²) in [5.74, 6) is 0.806. The molecule has 0 aliphatic carbocycles. The van der Waals surface area contributed by atoms with E-state index in [2.05, 4.69) is 16.7 Å². The van der Waals surface area contributed by atoms with Crippen molar-refractivity contribution < 1.29 is 18.7 Å². The summed E-state index contributed by atoms with van der Waals surface area (Å²) in [4.78, 5) is 17.0. The van der Waals surface area contributed by atoms with Gasteiger partial charge in [0.1, 0.15) is 11.6 Å². The van der Waals surface area contributed by atoms with Gasteiger partial charge >= 0.3 is 5.97 Å². The molecular weight excluding hydrogens is 439 g/mol. The highest BCUT2D eigenvalue weighted by atomic mass is 32.2. The average Bonchev–Trinajstić information content (AvgIpc) is 3.18. The summed E-state index contributed by atoms with van der Waals surface area (Å²) in [6.07, 6.45) is 0.808. The van der Waals surface area contributed by atoms with E-state index >= 15 is 0 Å². The molecule has 170 valence electrons. The molecule has 0 aliphatic rings. The van der Waals surface area contributed by atoms with Crippen molar-refractivity contribution in [3.05, 3.63) is 89.2 Å². The van der Waals surface area contributed by atoms with Crippen LogP contribution in [0.2, 0.25) is 0 Å². The van der Waals surface area contributed by atoms with E-state index in [1.165, 1.54) is 17.7 Å². The number of ether oxygens (including phenoxy) is 2. The molecule has 0 amide bonds. The molecule has 4 aromatic rings. The third kappa shape index (κ3) is 5.54. The van der Waals surface area contributed by atoms with Gasteiger partial charge in [0.25, 0.3) is 0 Å². The lowest BCUT2D eigenvalue weighted by atomic mass is 10.1. The maximum absolute atomic E-state index is 13.6. The molecule has 3 aromatic carbocycles. The van der Waals surface area contributed by atoms with Crippen LogP contribution in [0.1, 0.15) is 28.4 Å². The summed E-state index contributed by atoms with van der Waals surface area (Å²) in [6, 6.07) is 20.0. The number of carbonyl (C=O) groups excluding carboxylic acids is 1. The Morgan fingerprint density at radius 3 is 2.61 bits per heavy atom. The number of thioether (sulfide) groups is 1. The highest BCUT2D eigenvalue weighted by Crippen LogP contribution is 2.28. The fourth-order valence-electron chi connectivity index (χ4n) is 3.58. The van der Waals surface area contributed by atoms with Crippen molar-refractivity contribution in [3.63, 3.8) is 0 Å². The number of fused-ring (bicyclic) bond motifs is 1. The number of hydrogen-bond acceptors (Lipinski definition) is 5. The topological polar surface area (TPSA) is 53.3 Å². The van der Waals surface area contributed by atoms with Crippen molar-refractivity contribution in [1.29, 1.82) is 0 Å². The van der Waals surface area contributed by atoms with Crippen molar-refractivity contribution in [2.75, 3.05) is 13.7 Å². The molecule has 0 bridgehead atoms. The number of halogens is 1. The Bertz CT molecular complexity index is 1250. The third-order valence-electron chi connectivity index (χ3n) is 5.26. The van der Waals surface area contributed by atoms with Gasteiger partial charge < -0.3 is 14.0 Å². The van der Waals surface area contributed by atoms with Crippen LogP contribution in [0.4, 0.5) is 4.39 Å². The molecular formula is C26H25FN2O3S. The highest BCUT2D eigenvalue weighted by Gasteiger charge is 2.15. The van der Waals surface area contributed by atoms with Crippen molar-refractivity contribution in [1.82, 2.24) is 9.55 Å². The van der Waals surface area contributed by atoms with Gasteiger partial charge in [0.05, 0.1) is 30.3 Å². The average molecular weight is 465 g/mol. The van der Waals surface area contributed by atoms with E-state index in [1.807, 2.05) is 24.3 Å². The predicted molar refractivity (Wildman–Crippen MR) is 128 cm³/mol. The molecule has 0 fully saturated rings. The van der Waals surface area contributed by atoms with Gasteiger partial charge in [0, 0.05) is 12.3 Å². The lowest BCUT2D eigenvalue weighted by Gasteiger charge is -2.10.